The van der Waals surface area contributed by atoms with Crippen LogP contribution in [0.1, 0.15) is 38.2 Å². The quantitative estimate of drug-likeness (QED) is 0.784. The molecule has 1 aromatic heterocycles. The minimum Gasteiger partial charge on any atom is -0.408 e. The minimum atomic E-state index is -0.365. The smallest absolute Gasteiger partial charge is 0.408 e. The average Bonchev–Trinajstić information content (AvgIpc) is 2.65. The number of oxazole rings is 1. The molecule has 0 radical (unpaired) electrons. The maximum Gasteiger partial charge on any atom is 0.417 e. The Labute approximate surface area is 94.5 Å². The monoisotopic (exact) mass is 219 g/mol. The van der Waals surface area contributed by atoms with Crippen molar-refractivity contribution < 1.29 is 4.42 Å². The normalized spacial score (nSPS) is 11.1. The number of rotatable bonds is 5. The number of fused-ring (bicyclic) bond motifs is 1. The van der Waals surface area contributed by atoms with Gasteiger partial charge in [-0.25, -0.2) is 4.79 Å². The van der Waals surface area contributed by atoms with Crippen LogP contribution in [0.3, 0.4) is 0 Å². The first-order valence-electron chi connectivity index (χ1n) is 5.92. The van der Waals surface area contributed by atoms with Crippen LogP contribution in [0.5, 0.6) is 0 Å². The molecule has 86 valence electrons. The van der Waals surface area contributed by atoms with Crippen molar-refractivity contribution in [3.8, 4) is 0 Å². The summed E-state index contributed by atoms with van der Waals surface area (Å²) in [6, 6.07) is 5.86. The van der Waals surface area contributed by atoms with Crippen molar-refractivity contribution in [2.45, 2.75) is 39.0 Å². The molecular formula is C13H17NO2. The van der Waals surface area contributed by atoms with Gasteiger partial charge in [0.05, 0.1) is 5.52 Å². The number of aryl methyl sites for hydroxylation is 1. The zero-order valence-electron chi connectivity index (χ0n) is 9.58. The number of unbranched alkanes of at least 4 members (excludes halogenated alkanes) is 3. The summed E-state index contributed by atoms with van der Waals surface area (Å²) in [5, 5.41) is 0. The van der Waals surface area contributed by atoms with Crippen molar-refractivity contribution in [2.75, 3.05) is 0 Å². The van der Waals surface area contributed by atoms with Gasteiger partial charge in [0.15, 0.2) is 5.58 Å². The van der Waals surface area contributed by atoms with E-state index in [0.717, 1.165) is 29.5 Å². The molecule has 0 spiro atoms. The second kappa shape index (κ2) is 5.01. The second-order valence-corrected chi connectivity index (χ2v) is 4.12. The van der Waals surface area contributed by atoms with Crippen LogP contribution in [-0.2, 0) is 6.42 Å². The third-order valence-electron chi connectivity index (χ3n) is 2.83. The van der Waals surface area contributed by atoms with Crippen molar-refractivity contribution in [1.82, 2.24) is 4.98 Å². The summed E-state index contributed by atoms with van der Waals surface area (Å²) < 4.78 is 5.14. The van der Waals surface area contributed by atoms with Crippen LogP contribution in [-0.4, -0.2) is 4.98 Å². The van der Waals surface area contributed by atoms with E-state index in [-0.39, 0.29) is 5.76 Å². The summed E-state index contributed by atoms with van der Waals surface area (Å²) in [6.07, 6.45) is 5.89. The van der Waals surface area contributed by atoms with Crippen LogP contribution in [0.25, 0.3) is 11.1 Å². The number of nitrogens with one attached hydrogen (secondary N) is 1. The third kappa shape index (κ3) is 2.35. The molecule has 0 amide bonds. The summed E-state index contributed by atoms with van der Waals surface area (Å²) in [5.74, 6) is -0.365. The summed E-state index contributed by atoms with van der Waals surface area (Å²) in [5.41, 5.74) is 2.66. The van der Waals surface area contributed by atoms with Gasteiger partial charge in [-0.2, -0.15) is 0 Å². The van der Waals surface area contributed by atoms with Crippen LogP contribution in [0.4, 0.5) is 0 Å². The van der Waals surface area contributed by atoms with Crippen molar-refractivity contribution >= 4 is 11.1 Å². The van der Waals surface area contributed by atoms with Crippen LogP contribution < -0.4 is 5.76 Å². The van der Waals surface area contributed by atoms with E-state index in [4.69, 9.17) is 4.42 Å². The predicted octanol–water partition coefficient (Wildman–Crippen LogP) is 3.24. The lowest BCUT2D eigenvalue weighted by molar-refractivity contribution is 0.550. The molecule has 1 aromatic carbocycles. The third-order valence-corrected chi connectivity index (χ3v) is 2.83. The van der Waals surface area contributed by atoms with Gasteiger partial charge in [-0.15, -0.1) is 0 Å². The van der Waals surface area contributed by atoms with Crippen LogP contribution in [0.2, 0.25) is 0 Å². The molecule has 0 aliphatic rings. The summed E-state index contributed by atoms with van der Waals surface area (Å²) >= 11 is 0. The van der Waals surface area contributed by atoms with Crippen LogP contribution in [0.15, 0.2) is 27.4 Å². The fourth-order valence-electron chi connectivity index (χ4n) is 1.97. The first kappa shape index (κ1) is 11.0. The molecular weight excluding hydrogens is 202 g/mol. The molecule has 3 nitrogen and oxygen atoms in total. The van der Waals surface area contributed by atoms with Gasteiger partial charge >= 0.3 is 5.76 Å². The molecule has 0 atom stereocenters. The molecule has 1 heterocycles. The van der Waals surface area contributed by atoms with E-state index in [0.29, 0.717) is 0 Å². The Morgan fingerprint density at radius 3 is 2.94 bits per heavy atom. The number of aromatic nitrogens is 1. The van der Waals surface area contributed by atoms with E-state index in [1.807, 2.05) is 18.2 Å². The fraction of sp³-hybridized carbons (Fsp3) is 0.462. The first-order valence-corrected chi connectivity index (χ1v) is 5.92. The zero-order chi connectivity index (χ0) is 11.4. The van der Waals surface area contributed by atoms with E-state index >= 15 is 0 Å². The van der Waals surface area contributed by atoms with Gasteiger partial charge in [-0.1, -0.05) is 38.3 Å². The molecule has 2 aromatic rings. The van der Waals surface area contributed by atoms with Gasteiger partial charge in [-0.05, 0) is 24.5 Å². The van der Waals surface area contributed by atoms with E-state index < -0.39 is 0 Å². The number of hydrogen-bond donors (Lipinski definition) is 1. The summed E-state index contributed by atoms with van der Waals surface area (Å²) in [4.78, 5) is 13.8. The molecule has 1 N–H and O–H groups in total. The molecule has 16 heavy (non-hydrogen) atoms. The lowest BCUT2D eigenvalue weighted by Crippen LogP contribution is -1.92. The van der Waals surface area contributed by atoms with E-state index in [1.165, 1.54) is 19.3 Å². The lowest BCUT2D eigenvalue weighted by atomic mass is 10.1. The molecule has 0 aliphatic heterocycles. The highest BCUT2D eigenvalue weighted by Crippen LogP contribution is 2.18. The predicted molar refractivity (Wildman–Crippen MR) is 64.7 cm³/mol. The van der Waals surface area contributed by atoms with E-state index in [9.17, 15) is 4.79 Å². The molecule has 3 heteroatoms. The minimum absolute atomic E-state index is 0.365. The molecule has 0 fully saturated rings. The summed E-state index contributed by atoms with van der Waals surface area (Å²) in [6.45, 7) is 2.20. The average molecular weight is 219 g/mol. The molecule has 0 saturated heterocycles. The summed E-state index contributed by atoms with van der Waals surface area (Å²) in [7, 11) is 0. The van der Waals surface area contributed by atoms with Crippen LogP contribution in [0, 0.1) is 0 Å². The molecule has 0 aliphatic carbocycles. The number of H-pyrrole nitrogens is 1. The van der Waals surface area contributed by atoms with Crippen molar-refractivity contribution in [3.05, 3.63) is 34.3 Å². The highest BCUT2D eigenvalue weighted by Gasteiger charge is 2.05. The van der Waals surface area contributed by atoms with Gasteiger partial charge in [0.1, 0.15) is 0 Å². The molecule has 0 bridgehead atoms. The largest absolute Gasteiger partial charge is 0.417 e. The highest BCUT2D eigenvalue weighted by molar-refractivity contribution is 5.75. The zero-order valence-corrected chi connectivity index (χ0v) is 9.58. The lowest BCUT2D eigenvalue weighted by Gasteiger charge is -2.01. The Morgan fingerprint density at radius 2 is 2.12 bits per heavy atom. The molecule has 2 rings (SSSR count). The standard InChI is InChI=1S/C13H17NO2/c1-2-3-4-5-7-10-8-6-9-11-12(10)16-13(15)14-11/h6,8-9H,2-5,7H2,1H3,(H,14,15). The maximum atomic E-state index is 11.1. The Kier molecular flexibility index (Phi) is 3.44. The first-order chi connectivity index (χ1) is 7.81. The molecule has 0 saturated carbocycles. The van der Waals surface area contributed by atoms with Crippen molar-refractivity contribution in [3.63, 3.8) is 0 Å². The SMILES string of the molecule is CCCCCCc1cccc2[nH]c(=O)oc12. The van der Waals surface area contributed by atoms with Crippen molar-refractivity contribution in [2.24, 2.45) is 0 Å². The van der Waals surface area contributed by atoms with Gasteiger partial charge < -0.3 is 4.42 Å². The Hall–Kier alpha value is -1.51. The Bertz CT molecular complexity index is 510. The highest BCUT2D eigenvalue weighted by atomic mass is 16.4. The Balaban J connectivity index is 2.14. The number of para-hydroxylation sites is 1. The fourth-order valence-corrected chi connectivity index (χ4v) is 1.97. The number of hydrogen-bond acceptors (Lipinski definition) is 2. The van der Waals surface area contributed by atoms with E-state index in [1.54, 1.807) is 0 Å². The second-order valence-electron chi connectivity index (χ2n) is 4.12. The number of aromatic amines is 1. The topological polar surface area (TPSA) is 46.0 Å². The Morgan fingerprint density at radius 1 is 1.25 bits per heavy atom. The van der Waals surface area contributed by atoms with E-state index in [2.05, 4.69) is 11.9 Å². The maximum absolute atomic E-state index is 11.1. The molecule has 0 unspecified atom stereocenters. The number of benzene rings is 1. The van der Waals surface area contributed by atoms with Crippen LogP contribution >= 0.6 is 0 Å². The van der Waals surface area contributed by atoms with Gasteiger partial charge in [0.25, 0.3) is 0 Å². The van der Waals surface area contributed by atoms with Gasteiger partial charge in [-0.3, -0.25) is 4.98 Å². The van der Waals surface area contributed by atoms with Gasteiger partial charge in [0, 0.05) is 0 Å². The van der Waals surface area contributed by atoms with Crippen molar-refractivity contribution in [1.29, 1.82) is 0 Å². The van der Waals surface area contributed by atoms with Gasteiger partial charge in [0.2, 0.25) is 0 Å².